The number of unbranched alkanes of at least 4 members (excludes halogenated alkanes) is 7. The van der Waals surface area contributed by atoms with Gasteiger partial charge in [0.05, 0.1) is 0 Å². The molecule has 1 rings (SSSR count). The number of carboxylic acids is 1. The average molecular weight is 290 g/mol. The van der Waals surface area contributed by atoms with Gasteiger partial charge in [-0.05, 0) is 12.8 Å². The maximum absolute atomic E-state index is 11.9. The number of carbonyl (C=O) groups excluding carboxylic acids is 1. The fourth-order valence-corrected chi connectivity index (χ4v) is 2.39. The van der Waals surface area contributed by atoms with Crippen LogP contribution in [0.5, 0.6) is 0 Å². The highest BCUT2D eigenvalue weighted by atomic mass is 16.4. The molecule has 3 heteroatoms. The minimum atomic E-state index is -0.696. The van der Waals surface area contributed by atoms with Crippen LogP contribution >= 0.6 is 0 Å². The highest BCUT2D eigenvalue weighted by molar-refractivity contribution is 5.95. The van der Waals surface area contributed by atoms with Gasteiger partial charge in [-0.25, -0.2) is 0 Å². The first-order valence-electron chi connectivity index (χ1n) is 8.00. The Hall–Kier alpha value is -1.64. The Balaban J connectivity index is 1.91. The van der Waals surface area contributed by atoms with E-state index in [1.54, 1.807) is 0 Å². The molecule has 116 valence electrons. The van der Waals surface area contributed by atoms with E-state index in [0.29, 0.717) is 12.8 Å². The lowest BCUT2D eigenvalue weighted by molar-refractivity contribution is -0.137. The number of hydrogen-bond donors (Lipinski definition) is 1. The van der Waals surface area contributed by atoms with Gasteiger partial charge in [-0.3, -0.25) is 9.59 Å². The van der Waals surface area contributed by atoms with E-state index in [1.807, 2.05) is 30.3 Å². The summed E-state index contributed by atoms with van der Waals surface area (Å²) in [6.07, 6.45) is 9.46. The van der Waals surface area contributed by atoms with Gasteiger partial charge >= 0.3 is 5.97 Å². The van der Waals surface area contributed by atoms with Crippen molar-refractivity contribution >= 4 is 11.8 Å². The fraction of sp³-hybridized carbons (Fsp3) is 0.556. The van der Waals surface area contributed by atoms with Crippen molar-refractivity contribution < 1.29 is 14.7 Å². The predicted molar refractivity (Wildman–Crippen MR) is 84.6 cm³/mol. The minimum absolute atomic E-state index is 0.240. The molecule has 0 heterocycles. The first-order chi connectivity index (χ1) is 10.2. The molecule has 1 N–H and O–H groups in total. The Morgan fingerprint density at radius 2 is 1.19 bits per heavy atom. The smallest absolute Gasteiger partial charge is 0.303 e. The topological polar surface area (TPSA) is 54.4 Å². The van der Waals surface area contributed by atoms with Crippen LogP contribution in [0, 0.1) is 0 Å². The Bertz CT molecular complexity index is 412. The number of Topliss-reactive ketones (excluding diaryl/α,β-unsaturated/α-hetero) is 1. The van der Waals surface area contributed by atoms with E-state index in [4.69, 9.17) is 5.11 Å². The zero-order valence-electron chi connectivity index (χ0n) is 12.7. The third kappa shape index (κ3) is 9.01. The summed E-state index contributed by atoms with van der Waals surface area (Å²) in [6, 6.07) is 9.47. The second-order valence-electron chi connectivity index (χ2n) is 5.51. The lowest BCUT2D eigenvalue weighted by Crippen LogP contribution is -1.98. The van der Waals surface area contributed by atoms with Gasteiger partial charge in [0.2, 0.25) is 0 Å². The Morgan fingerprint density at radius 3 is 1.71 bits per heavy atom. The first kappa shape index (κ1) is 17.4. The van der Waals surface area contributed by atoms with E-state index < -0.39 is 5.97 Å². The van der Waals surface area contributed by atoms with Gasteiger partial charge < -0.3 is 5.11 Å². The number of benzene rings is 1. The summed E-state index contributed by atoms with van der Waals surface area (Å²) < 4.78 is 0. The van der Waals surface area contributed by atoms with Crippen molar-refractivity contribution in [2.75, 3.05) is 0 Å². The van der Waals surface area contributed by atoms with E-state index in [-0.39, 0.29) is 5.78 Å². The molecule has 0 radical (unpaired) electrons. The summed E-state index contributed by atoms with van der Waals surface area (Å²) in [4.78, 5) is 22.2. The molecule has 1 aromatic rings. The van der Waals surface area contributed by atoms with Crippen molar-refractivity contribution in [2.45, 2.75) is 64.2 Å². The van der Waals surface area contributed by atoms with Gasteiger partial charge in [0.25, 0.3) is 0 Å². The summed E-state index contributed by atoms with van der Waals surface area (Å²) in [6.45, 7) is 0. The molecule has 0 amide bonds. The van der Waals surface area contributed by atoms with Crippen LogP contribution in [0.4, 0.5) is 0 Å². The molecule has 0 saturated carbocycles. The molecular weight excluding hydrogens is 264 g/mol. The minimum Gasteiger partial charge on any atom is -0.481 e. The van der Waals surface area contributed by atoms with Crippen LogP contribution in [0.2, 0.25) is 0 Å². The van der Waals surface area contributed by atoms with E-state index in [1.165, 1.54) is 19.3 Å². The van der Waals surface area contributed by atoms with E-state index in [2.05, 4.69) is 0 Å². The fourth-order valence-electron chi connectivity index (χ4n) is 2.39. The molecule has 0 unspecified atom stereocenters. The van der Waals surface area contributed by atoms with Crippen molar-refractivity contribution in [3.05, 3.63) is 35.9 Å². The van der Waals surface area contributed by atoms with Gasteiger partial charge in [0.15, 0.2) is 5.78 Å². The lowest BCUT2D eigenvalue weighted by Gasteiger charge is -2.02. The number of carboxylic acid groups (broad SMARTS) is 1. The summed E-state index contributed by atoms with van der Waals surface area (Å²) >= 11 is 0. The van der Waals surface area contributed by atoms with Crippen molar-refractivity contribution in [3.8, 4) is 0 Å². The molecule has 0 atom stereocenters. The van der Waals surface area contributed by atoms with Crippen LogP contribution in [0.1, 0.15) is 74.6 Å². The van der Waals surface area contributed by atoms with Crippen LogP contribution in [-0.4, -0.2) is 16.9 Å². The summed E-state index contributed by atoms with van der Waals surface area (Å²) in [7, 11) is 0. The van der Waals surface area contributed by atoms with E-state index in [0.717, 1.165) is 37.7 Å². The van der Waals surface area contributed by atoms with Crippen LogP contribution in [0.25, 0.3) is 0 Å². The second kappa shape index (κ2) is 11.1. The van der Waals surface area contributed by atoms with Crippen molar-refractivity contribution in [3.63, 3.8) is 0 Å². The van der Waals surface area contributed by atoms with Crippen molar-refractivity contribution in [2.24, 2.45) is 0 Å². The molecule has 3 nitrogen and oxygen atoms in total. The molecule has 1 aromatic carbocycles. The van der Waals surface area contributed by atoms with Crippen LogP contribution in [-0.2, 0) is 4.79 Å². The van der Waals surface area contributed by atoms with E-state index in [9.17, 15) is 9.59 Å². The summed E-state index contributed by atoms with van der Waals surface area (Å²) in [5.41, 5.74) is 0.816. The van der Waals surface area contributed by atoms with Crippen LogP contribution in [0.15, 0.2) is 30.3 Å². The average Bonchev–Trinajstić information content (AvgIpc) is 2.49. The van der Waals surface area contributed by atoms with Crippen LogP contribution in [0.3, 0.4) is 0 Å². The molecule has 0 aromatic heterocycles. The first-order valence-corrected chi connectivity index (χ1v) is 8.00. The maximum atomic E-state index is 11.9. The van der Waals surface area contributed by atoms with Crippen molar-refractivity contribution in [1.82, 2.24) is 0 Å². The molecule has 0 fully saturated rings. The number of ketones is 1. The Labute approximate surface area is 127 Å². The molecule has 0 aliphatic rings. The largest absolute Gasteiger partial charge is 0.481 e. The SMILES string of the molecule is O=C(O)CCCCCCCCCCC(=O)c1ccccc1. The highest BCUT2D eigenvalue weighted by Crippen LogP contribution is 2.12. The van der Waals surface area contributed by atoms with E-state index >= 15 is 0 Å². The van der Waals surface area contributed by atoms with Crippen LogP contribution < -0.4 is 0 Å². The molecule has 0 spiro atoms. The molecule has 0 aliphatic heterocycles. The third-order valence-electron chi connectivity index (χ3n) is 3.64. The normalized spacial score (nSPS) is 10.5. The summed E-state index contributed by atoms with van der Waals surface area (Å²) in [5.74, 6) is -0.456. The third-order valence-corrected chi connectivity index (χ3v) is 3.64. The monoisotopic (exact) mass is 290 g/mol. The van der Waals surface area contributed by atoms with Gasteiger partial charge in [0.1, 0.15) is 0 Å². The molecule has 0 aliphatic carbocycles. The van der Waals surface area contributed by atoms with Gasteiger partial charge in [-0.1, -0.05) is 68.9 Å². The Morgan fingerprint density at radius 1 is 0.714 bits per heavy atom. The number of carbonyl (C=O) groups is 2. The quantitative estimate of drug-likeness (QED) is 0.442. The molecule has 0 bridgehead atoms. The molecule has 0 saturated heterocycles. The zero-order chi connectivity index (χ0) is 15.3. The molecular formula is C18H26O3. The second-order valence-corrected chi connectivity index (χ2v) is 5.51. The molecule has 21 heavy (non-hydrogen) atoms. The number of aliphatic carboxylic acids is 1. The van der Waals surface area contributed by atoms with Gasteiger partial charge in [0, 0.05) is 18.4 Å². The number of hydrogen-bond acceptors (Lipinski definition) is 2. The highest BCUT2D eigenvalue weighted by Gasteiger charge is 2.04. The number of rotatable bonds is 12. The standard InChI is InChI=1S/C18H26O3/c19-17(16-12-8-7-9-13-16)14-10-5-3-1-2-4-6-11-15-18(20)21/h7-9,12-13H,1-6,10-11,14-15H2,(H,20,21). The summed E-state index contributed by atoms with van der Waals surface area (Å²) in [5, 5.41) is 8.51. The predicted octanol–water partition coefficient (Wildman–Crippen LogP) is 4.85. The van der Waals surface area contributed by atoms with Gasteiger partial charge in [-0.15, -0.1) is 0 Å². The Kier molecular flexibility index (Phi) is 9.18. The lowest BCUT2D eigenvalue weighted by atomic mass is 10.0. The zero-order valence-corrected chi connectivity index (χ0v) is 12.7. The van der Waals surface area contributed by atoms with Gasteiger partial charge in [-0.2, -0.15) is 0 Å². The maximum Gasteiger partial charge on any atom is 0.303 e. The van der Waals surface area contributed by atoms with Crippen molar-refractivity contribution in [1.29, 1.82) is 0 Å².